The Balaban J connectivity index is 1.70. The van der Waals surface area contributed by atoms with Gasteiger partial charge in [0.1, 0.15) is 17.2 Å². The van der Waals surface area contributed by atoms with E-state index in [-0.39, 0.29) is 28.0 Å². The molecule has 0 radical (unpaired) electrons. The second-order valence-corrected chi connectivity index (χ2v) is 7.47. The fourth-order valence-corrected chi connectivity index (χ4v) is 3.20. The maximum atomic E-state index is 13.0. The Hall–Kier alpha value is -2.91. The number of anilines is 1. The second kappa shape index (κ2) is 9.07. The third-order valence-electron chi connectivity index (χ3n) is 4.45. The van der Waals surface area contributed by atoms with Crippen LogP contribution in [0.25, 0.3) is 0 Å². The molecule has 2 heterocycles. The zero-order valence-corrected chi connectivity index (χ0v) is 17.6. The smallest absolute Gasteiger partial charge is 0.382 e. The number of carbonyl (C=O) groups excluding carboxylic acids is 1. The molecule has 1 amide bonds. The number of hydrogen-bond donors (Lipinski definition) is 2. The Morgan fingerprint density at radius 2 is 1.90 bits per heavy atom. The molecule has 0 aliphatic rings. The number of pyridine rings is 1. The average molecular weight is 470 g/mol. The van der Waals surface area contributed by atoms with Crippen LogP contribution in [-0.4, -0.2) is 20.9 Å². The molecule has 11 heteroatoms. The van der Waals surface area contributed by atoms with Gasteiger partial charge in [-0.1, -0.05) is 35.3 Å². The Bertz CT molecular complexity index is 1110. The lowest BCUT2D eigenvalue weighted by atomic mass is 10.0. The predicted molar refractivity (Wildman–Crippen MR) is 111 cm³/mol. The summed E-state index contributed by atoms with van der Waals surface area (Å²) in [5.74, 6) is -0.534. The summed E-state index contributed by atoms with van der Waals surface area (Å²) in [5, 5.41) is 2.34. The Labute approximate surface area is 185 Å². The van der Waals surface area contributed by atoms with Crippen molar-refractivity contribution >= 4 is 34.9 Å². The average Bonchev–Trinajstić information content (AvgIpc) is 2.71. The van der Waals surface area contributed by atoms with Gasteiger partial charge >= 0.3 is 6.18 Å². The first kappa shape index (κ1) is 22.8. The number of nitrogens with two attached hydrogens (primary N) is 1. The van der Waals surface area contributed by atoms with Gasteiger partial charge < -0.3 is 11.1 Å². The van der Waals surface area contributed by atoms with E-state index in [2.05, 4.69) is 20.3 Å². The van der Waals surface area contributed by atoms with Crippen molar-refractivity contribution in [3.05, 3.63) is 81.0 Å². The van der Waals surface area contributed by atoms with Crippen molar-refractivity contribution in [2.45, 2.75) is 25.6 Å². The lowest BCUT2D eigenvalue weighted by Gasteiger charge is -2.15. The van der Waals surface area contributed by atoms with E-state index in [0.717, 1.165) is 12.4 Å². The number of carbonyl (C=O) groups is 1. The standard InChI is InChI=1S/C20H16Cl2F3N5O/c1-10(30-19(31)17-16(22)18(26)29-9-28-17)12-3-4-13(27-8-12)6-11-2-5-15(21)14(7-11)20(23,24)25/h2-5,7-10H,6H2,1H3,(H,30,31)(H2,26,28,29). The van der Waals surface area contributed by atoms with Crippen LogP contribution in [-0.2, 0) is 12.6 Å². The van der Waals surface area contributed by atoms with E-state index < -0.39 is 23.7 Å². The first-order chi connectivity index (χ1) is 14.6. The van der Waals surface area contributed by atoms with Crippen molar-refractivity contribution in [3.63, 3.8) is 0 Å². The number of benzene rings is 1. The number of nitrogens with zero attached hydrogens (tertiary/aromatic N) is 3. The molecule has 1 atom stereocenters. The lowest BCUT2D eigenvalue weighted by molar-refractivity contribution is -0.137. The summed E-state index contributed by atoms with van der Waals surface area (Å²) in [6.45, 7) is 1.74. The monoisotopic (exact) mass is 469 g/mol. The second-order valence-electron chi connectivity index (χ2n) is 6.69. The fraction of sp³-hybridized carbons (Fsp3) is 0.200. The quantitative estimate of drug-likeness (QED) is 0.556. The van der Waals surface area contributed by atoms with E-state index in [1.807, 2.05) is 0 Å². The van der Waals surface area contributed by atoms with Crippen molar-refractivity contribution in [1.82, 2.24) is 20.3 Å². The molecule has 162 valence electrons. The van der Waals surface area contributed by atoms with Crippen LogP contribution < -0.4 is 11.1 Å². The minimum atomic E-state index is -4.53. The molecule has 0 aliphatic carbocycles. The van der Waals surface area contributed by atoms with Crippen molar-refractivity contribution in [3.8, 4) is 0 Å². The van der Waals surface area contributed by atoms with E-state index in [1.165, 1.54) is 18.3 Å². The van der Waals surface area contributed by atoms with Crippen molar-refractivity contribution < 1.29 is 18.0 Å². The normalized spacial score (nSPS) is 12.5. The molecule has 0 saturated heterocycles. The molecule has 1 aromatic carbocycles. The first-order valence-corrected chi connectivity index (χ1v) is 9.69. The van der Waals surface area contributed by atoms with E-state index in [1.54, 1.807) is 19.1 Å². The van der Waals surface area contributed by atoms with Crippen LogP contribution in [0.4, 0.5) is 19.0 Å². The fourth-order valence-electron chi connectivity index (χ4n) is 2.80. The molecule has 2 aromatic heterocycles. The lowest BCUT2D eigenvalue weighted by Crippen LogP contribution is -2.28. The maximum Gasteiger partial charge on any atom is 0.417 e. The van der Waals surface area contributed by atoms with Gasteiger partial charge in [-0.05, 0) is 36.2 Å². The van der Waals surface area contributed by atoms with E-state index in [9.17, 15) is 18.0 Å². The van der Waals surface area contributed by atoms with Crippen LogP contribution in [0.15, 0.2) is 42.9 Å². The summed E-state index contributed by atoms with van der Waals surface area (Å²) in [5.41, 5.74) is 6.31. The highest BCUT2D eigenvalue weighted by Gasteiger charge is 2.33. The summed E-state index contributed by atoms with van der Waals surface area (Å²) in [7, 11) is 0. The van der Waals surface area contributed by atoms with Crippen molar-refractivity contribution in [2.24, 2.45) is 0 Å². The van der Waals surface area contributed by atoms with Crippen molar-refractivity contribution in [1.29, 1.82) is 0 Å². The molecule has 0 fully saturated rings. The number of nitrogens with one attached hydrogen (secondary N) is 1. The van der Waals surface area contributed by atoms with E-state index >= 15 is 0 Å². The molecule has 0 bridgehead atoms. The van der Waals surface area contributed by atoms with Gasteiger partial charge in [0.25, 0.3) is 5.91 Å². The van der Waals surface area contributed by atoms with Crippen molar-refractivity contribution in [2.75, 3.05) is 5.73 Å². The third kappa shape index (κ3) is 5.42. The highest BCUT2D eigenvalue weighted by Crippen LogP contribution is 2.35. The Morgan fingerprint density at radius 1 is 1.16 bits per heavy atom. The predicted octanol–water partition coefficient (Wildman–Crippen LogP) is 4.86. The van der Waals surface area contributed by atoms with Crippen LogP contribution in [0.3, 0.4) is 0 Å². The molecule has 3 rings (SSSR count). The molecule has 0 spiro atoms. The minimum absolute atomic E-state index is 0.00336. The zero-order valence-electron chi connectivity index (χ0n) is 16.0. The van der Waals surface area contributed by atoms with Gasteiger partial charge in [0.05, 0.1) is 16.6 Å². The first-order valence-electron chi connectivity index (χ1n) is 8.93. The van der Waals surface area contributed by atoms with Crippen LogP contribution >= 0.6 is 23.2 Å². The molecule has 0 aliphatic heterocycles. The number of nitrogen functional groups attached to an aromatic ring is 1. The van der Waals surface area contributed by atoms with Crippen LogP contribution in [0.2, 0.25) is 10.0 Å². The molecule has 3 aromatic rings. The van der Waals surface area contributed by atoms with Gasteiger partial charge in [-0.2, -0.15) is 13.2 Å². The highest BCUT2D eigenvalue weighted by molar-refractivity contribution is 6.35. The number of halogens is 5. The van der Waals surface area contributed by atoms with Gasteiger partial charge in [-0.3, -0.25) is 9.78 Å². The molecule has 6 nitrogen and oxygen atoms in total. The number of hydrogen-bond acceptors (Lipinski definition) is 5. The van der Waals surface area contributed by atoms with Gasteiger partial charge in [-0.25, -0.2) is 9.97 Å². The highest BCUT2D eigenvalue weighted by atomic mass is 35.5. The van der Waals surface area contributed by atoms with E-state index in [0.29, 0.717) is 16.8 Å². The Morgan fingerprint density at radius 3 is 2.55 bits per heavy atom. The van der Waals surface area contributed by atoms with Crippen LogP contribution in [0, 0.1) is 0 Å². The van der Waals surface area contributed by atoms with Gasteiger partial charge in [0.15, 0.2) is 5.69 Å². The van der Waals surface area contributed by atoms with Gasteiger partial charge in [0.2, 0.25) is 0 Å². The summed E-state index contributed by atoms with van der Waals surface area (Å²) in [6, 6.07) is 6.72. The molecular formula is C20H16Cl2F3N5O. The topological polar surface area (TPSA) is 93.8 Å². The minimum Gasteiger partial charge on any atom is -0.382 e. The molecular weight excluding hydrogens is 454 g/mol. The summed E-state index contributed by atoms with van der Waals surface area (Å²) < 4.78 is 39.1. The van der Waals surface area contributed by atoms with Gasteiger partial charge in [-0.15, -0.1) is 0 Å². The molecule has 31 heavy (non-hydrogen) atoms. The van der Waals surface area contributed by atoms with Crippen LogP contribution in [0.5, 0.6) is 0 Å². The molecule has 0 saturated carbocycles. The number of amides is 1. The number of rotatable bonds is 5. The SMILES string of the molecule is CC(NC(=O)c1ncnc(N)c1Cl)c1ccc(Cc2ccc(Cl)c(C(F)(F)F)c2)nc1. The maximum absolute atomic E-state index is 13.0. The summed E-state index contributed by atoms with van der Waals surface area (Å²) >= 11 is 11.6. The molecule has 1 unspecified atom stereocenters. The summed E-state index contributed by atoms with van der Waals surface area (Å²) in [4.78, 5) is 24.2. The van der Waals surface area contributed by atoms with Crippen LogP contribution in [0.1, 0.15) is 45.8 Å². The zero-order chi connectivity index (χ0) is 22.8. The largest absolute Gasteiger partial charge is 0.417 e. The van der Waals surface area contributed by atoms with E-state index in [4.69, 9.17) is 28.9 Å². The van der Waals surface area contributed by atoms with Gasteiger partial charge in [0, 0.05) is 18.3 Å². The molecule has 3 N–H and O–H groups in total. The summed E-state index contributed by atoms with van der Waals surface area (Å²) in [6.07, 6.45) is -1.67. The number of aromatic nitrogens is 3. The third-order valence-corrected chi connectivity index (χ3v) is 5.15. The number of alkyl halides is 3. The Kier molecular flexibility index (Phi) is 6.66.